The minimum absolute atomic E-state index is 0.176. The van der Waals surface area contributed by atoms with Crippen LogP contribution in [0.2, 0.25) is 10.0 Å². The fraction of sp³-hybridized carbons (Fsp3) is 0.231. The third-order valence-corrected chi connectivity index (χ3v) is 4.64. The molecule has 8 heteroatoms. The lowest BCUT2D eigenvalue weighted by Gasteiger charge is -2.15. The summed E-state index contributed by atoms with van der Waals surface area (Å²) in [5.74, 6) is 0.142. The number of anilines is 1. The number of aromatic nitrogens is 1. The molecule has 2 heterocycles. The molecule has 0 aliphatic heterocycles. The Morgan fingerprint density at radius 2 is 2.24 bits per heavy atom. The standard InChI is InChI=1S/C13H12BrCl2N3OS/c1-19(6-9-2-3-11(14)21-9)7-12(20)18-13-10(16)4-8(15)5-17-13/h2-5H,6-7H2,1H3,(H,17,18,20). The third kappa shape index (κ3) is 5.23. The van der Waals surface area contributed by atoms with Crippen LogP contribution in [0.25, 0.3) is 0 Å². The van der Waals surface area contributed by atoms with E-state index in [4.69, 9.17) is 23.2 Å². The van der Waals surface area contributed by atoms with E-state index in [1.807, 2.05) is 24.1 Å². The summed E-state index contributed by atoms with van der Waals surface area (Å²) in [6.45, 7) is 0.946. The van der Waals surface area contributed by atoms with Gasteiger partial charge in [-0.15, -0.1) is 11.3 Å². The second-order valence-corrected chi connectivity index (χ2v) is 7.80. The maximum absolute atomic E-state index is 12.0. The number of carbonyl (C=O) groups is 1. The summed E-state index contributed by atoms with van der Waals surface area (Å²) < 4.78 is 1.08. The minimum Gasteiger partial charge on any atom is -0.308 e. The number of carbonyl (C=O) groups excluding carboxylic acids is 1. The van der Waals surface area contributed by atoms with Gasteiger partial charge in [-0.3, -0.25) is 9.69 Å². The Morgan fingerprint density at radius 3 is 2.86 bits per heavy atom. The molecule has 2 aromatic rings. The van der Waals surface area contributed by atoms with E-state index in [1.165, 1.54) is 11.1 Å². The van der Waals surface area contributed by atoms with E-state index in [0.717, 1.165) is 3.79 Å². The molecule has 2 aromatic heterocycles. The van der Waals surface area contributed by atoms with E-state index in [2.05, 4.69) is 26.2 Å². The Hall–Kier alpha value is -0.660. The molecule has 0 atom stereocenters. The normalized spacial score (nSPS) is 10.9. The van der Waals surface area contributed by atoms with Crippen molar-refractivity contribution in [3.63, 3.8) is 0 Å². The van der Waals surface area contributed by atoms with Crippen LogP contribution in [0.5, 0.6) is 0 Å². The molecular formula is C13H12BrCl2N3OS. The molecule has 1 amide bonds. The highest BCUT2D eigenvalue weighted by atomic mass is 79.9. The number of thiophene rings is 1. The average molecular weight is 409 g/mol. The van der Waals surface area contributed by atoms with Crippen LogP contribution in [0.1, 0.15) is 4.88 Å². The molecule has 1 N–H and O–H groups in total. The topological polar surface area (TPSA) is 45.2 Å². The van der Waals surface area contributed by atoms with E-state index in [-0.39, 0.29) is 12.5 Å². The number of amides is 1. The van der Waals surface area contributed by atoms with Crippen molar-refractivity contribution >= 4 is 62.2 Å². The van der Waals surface area contributed by atoms with E-state index >= 15 is 0 Å². The molecule has 0 bridgehead atoms. The predicted octanol–water partition coefficient (Wildman–Crippen LogP) is 4.28. The molecule has 21 heavy (non-hydrogen) atoms. The first-order valence-corrected chi connectivity index (χ1v) is 8.34. The van der Waals surface area contributed by atoms with E-state index in [9.17, 15) is 4.79 Å². The van der Waals surface area contributed by atoms with Crippen LogP contribution >= 0.6 is 50.5 Å². The van der Waals surface area contributed by atoms with Crippen LogP contribution < -0.4 is 5.32 Å². The van der Waals surface area contributed by atoms with Gasteiger partial charge in [-0.25, -0.2) is 4.98 Å². The summed E-state index contributed by atoms with van der Waals surface area (Å²) in [5.41, 5.74) is 0. The van der Waals surface area contributed by atoms with E-state index < -0.39 is 0 Å². The molecule has 0 saturated carbocycles. The highest BCUT2D eigenvalue weighted by Crippen LogP contribution is 2.24. The van der Waals surface area contributed by atoms with Gasteiger partial charge in [0.05, 0.1) is 20.4 Å². The van der Waals surface area contributed by atoms with Crippen molar-refractivity contribution in [3.8, 4) is 0 Å². The first-order chi connectivity index (χ1) is 9.94. The van der Waals surface area contributed by atoms with Gasteiger partial charge in [-0.1, -0.05) is 23.2 Å². The lowest BCUT2D eigenvalue weighted by Crippen LogP contribution is -2.29. The molecular weight excluding hydrogens is 397 g/mol. The molecule has 0 saturated heterocycles. The van der Waals surface area contributed by atoms with Crippen molar-refractivity contribution in [2.45, 2.75) is 6.54 Å². The largest absolute Gasteiger partial charge is 0.308 e. The van der Waals surface area contributed by atoms with Crippen molar-refractivity contribution in [1.29, 1.82) is 0 Å². The van der Waals surface area contributed by atoms with Crippen molar-refractivity contribution in [2.24, 2.45) is 0 Å². The summed E-state index contributed by atoms with van der Waals surface area (Å²) in [7, 11) is 1.88. The molecule has 112 valence electrons. The Kier molecular flexibility index (Phi) is 6.01. The Bertz CT molecular complexity index is 650. The van der Waals surface area contributed by atoms with Gasteiger partial charge in [0.15, 0.2) is 5.82 Å². The lowest BCUT2D eigenvalue weighted by molar-refractivity contribution is -0.117. The van der Waals surface area contributed by atoms with Gasteiger partial charge in [0.25, 0.3) is 0 Å². The highest BCUT2D eigenvalue weighted by molar-refractivity contribution is 9.11. The summed E-state index contributed by atoms with van der Waals surface area (Å²) in [5, 5.41) is 3.42. The van der Waals surface area contributed by atoms with Crippen LogP contribution in [0.4, 0.5) is 5.82 Å². The number of hydrogen-bond donors (Lipinski definition) is 1. The predicted molar refractivity (Wildman–Crippen MR) is 91.2 cm³/mol. The van der Waals surface area contributed by atoms with Gasteiger partial charge in [0.1, 0.15) is 0 Å². The molecule has 0 unspecified atom stereocenters. The zero-order chi connectivity index (χ0) is 15.4. The number of hydrogen-bond acceptors (Lipinski definition) is 4. The van der Waals surface area contributed by atoms with Gasteiger partial charge < -0.3 is 5.32 Å². The zero-order valence-corrected chi connectivity index (χ0v) is 15.0. The fourth-order valence-electron chi connectivity index (χ4n) is 1.68. The maximum atomic E-state index is 12.0. The summed E-state index contributed by atoms with van der Waals surface area (Å²) in [4.78, 5) is 19.1. The van der Waals surface area contributed by atoms with Gasteiger partial charge in [-0.2, -0.15) is 0 Å². The second-order valence-electron chi connectivity index (χ2n) is 4.41. The number of pyridine rings is 1. The minimum atomic E-state index is -0.176. The van der Waals surface area contributed by atoms with Gasteiger partial charge in [0, 0.05) is 17.6 Å². The quantitative estimate of drug-likeness (QED) is 0.802. The van der Waals surface area contributed by atoms with Crippen LogP contribution in [0.15, 0.2) is 28.2 Å². The Balaban J connectivity index is 1.89. The number of nitrogens with one attached hydrogen (secondary N) is 1. The van der Waals surface area contributed by atoms with E-state index in [1.54, 1.807) is 17.4 Å². The molecule has 4 nitrogen and oxygen atoms in total. The average Bonchev–Trinajstić information content (AvgIpc) is 2.78. The Morgan fingerprint density at radius 1 is 1.48 bits per heavy atom. The third-order valence-electron chi connectivity index (χ3n) is 2.53. The molecule has 0 spiro atoms. The first-order valence-electron chi connectivity index (χ1n) is 5.97. The van der Waals surface area contributed by atoms with Crippen molar-refractivity contribution < 1.29 is 4.79 Å². The van der Waals surface area contributed by atoms with E-state index in [0.29, 0.717) is 22.4 Å². The molecule has 0 fully saturated rings. The molecule has 2 rings (SSSR count). The summed E-state index contributed by atoms with van der Waals surface area (Å²) >= 11 is 16.8. The van der Waals surface area contributed by atoms with Gasteiger partial charge >= 0.3 is 0 Å². The van der Waals surface area contributed by atoms with Crippen molar-refractivity contribution in [3.05, 3.63) is 43.1 Å². The number of halogens is 3. The molecule has 0 aliphatic carbocycles. The maximum Gasteiger partial charge on any atom is 0.239 e. The van der Waals surface area contributed by atoms with Crippen LogP contribution in [-0.4, -0.2) is 29.4 Å². The smallest absolute Gasteiger partial charge is 0.239 e. The van der Waals surface area contributed by atoms with Gasteiger partial charge in [-0.05, 0) is 41.2 Å². The lowest BCUT2D eigenvalue weighted by atomic mass is 10.4. The zero-order valence-electron chi connectivity index (χ0n) is 11.1. The van der Waals surface area contributed by atoms with Crippen molar-refractivity contribution in [1.82, 2.24) is 9.88 Å². The SMILES string of the molecule is CN(CC(=O)Nc1ncc(Cl)cc1Cl)Cc1ccc(Br)s1. The van der Waals surface area contributed by atoms with Crippen molar-refractivity contribution in [2.75, 3.05) is 18.9 Å². The van der Waals surface area contributed by atoms with Crippen LogP contribution in [0.3, 0.4) is 0 Å². The molecule has 0 radical (unpaired) electrons. The number of nitrogens with zero attached hydrogens (tertiary/aromatic N) is 2. The monoisotopic (exact) mass is 407 g/mol. The summed E-state index contributed by atoms with van der Waals surface area (Å²) in [6, 6.07) is 5.56. The summed E-state index contributed by atoms with van der Waals surface area (Å²) in [6.07, 6.45) is 1.44. The highest BCUT2D eigenvalue weighted by Gasteiger charge is 2.11. The van der Waals surface area contributed by atoms with Gasteiger partial charge in [0.2, 0.25) is 5.91 Å². The fourth-order valence-corrected chi connectivity index (χ4v) is 3.67. The Labute approximate surface area is 145 Å². The number of rotatable bonds is 5. The second kappa shape index (κ2) is 7.56. The first kappa shape index (κ1) is 16.7. The molecule has 0 aliphatic rings. The van der Waals surface area contributed by atoms with Crippen LogP contribution in [0, 0.1) is 0 Å². The van der Waals surface area contributed by atoms with Crippen LogP contribution in [-0.2, 0) is 11.3 Å². The molecule has 0 aromatic carbocycles. The number of likely N-dealkylation sites (N-methyl/N-ethyl adjacent to an activating group) is 1.